The Labute approximate surface area is 222 Å². The van der Waals surface area contributed by atoms with Crippen molar-refractivity contribution < 1.29 is 4.74 Å². The Kier molecular flexibility index (Phi) is 6.87. The highest BCUT2D eigenvalue weighted by molar-refractivity contribution is 6.33. The fourth-order valence-corrected chi connectivity index (χ4v) is 5.71. The number of fused-ring (bicyclic) bond motifs is 1. The molecule has 2 aliphatic heterocycles. The summed E-state index contributed by atoms with van der Waals surface area (Å²) in [5.74, 6) is 1.22. The lowest BCUT2D eigenvalue weighted by Crippen LogP contribution is -2.52. The van der Waals surface area contributed by atoms with E-state index in [2.05, 4.69) is 48.6 Å². The smallest absolute Gasteiger partial charge is 0.227 e. The lowest BCUT2D eigenvalue weighted by Gasteiger charge is -2.41. The Bertz CT molecular complexity index is 1380. The molecule has 9 heteroatoms. The lowest BCUT2D eigenvalue weighted by molar-refractivity contribution is 0.150. The number of aromatic amines is 1. The van der Waals surface area contributed by atoms with Crippen LogP contribution in [0.4, 0.5) is 17.3 Å². The zero-order chi connectivity index (χ0) is 25.2. The van der Waals surface area contributed by atoms with Gasteiger partial charge in [-0.1, -0.05) is 29.8 Å². The summed E-state index contributed by atoms with van der Waals surface area (Å²) < 4.78 is 5.76. The highest BCUT2D eigenvalue weighted by Crippen LogP contribution is 2.35. The van der Waals surface area contributed by atoms with Crippen LogP contribution in [0.2, 0.25) is 5.02 Å². The second-order valence-electron chi connectivity index (χ2n) is 9.65. The third-order valence-corrected chi connectivity index (χ3v) is 7.79. The van der Waals surface area contributed by atoms with Crippen molar-refractivity contribution in [2.45, 2.75) is 18.9 Å². The van der Waals surface area contributed by atoms with E-state index in [1.165, 1.54) is 18.5 Å². The molecular formula is C28H32ClN7O. The van der Waals surface area contributed by atoms with Crippen LogP contribution in [-0.4, -0.2) is 72.3 Å². The molecular weight excluding hydrogens is 486 g/mol. The molecule has 0 radical (unpaired) electrons. The molecule has 2 aliphatic rings. The second-order valence-corrected chi connectivity index (χ2v) is 10.1. The summed E-state index contributed by atoms with van der Waals surface area (Å²) in [4.78, 5) is 17.6. The zero-order valence-electron chi connectivity index (χ0n) is 21.0. The Morgan fingerprint density at radius 1 is 1.05 bits per heavy atom. The Balaban J connectivity index is 1.19. The number of hydrogen-bond donors (Lipinski definition) is 3. The van der Waals surface area contributed by atoms with Crippen molar-refractivity contribution in [3.8, 4) is 17.0 Å². The van der Waals surface area contributed by atoms with Crippen LogP contribution in [-0.2, 0) is 0 Å². The summed E-state index contributed by atoms with van der Waals surface area (Å²) in [6.07, 6.45) is 5.95. The molecule has 0 amide bonds. The number of para-hydroxylation sites is 1. The van der Waals surface area contributed by atoms with Gasteiger partial charge < -0.3 is 25.3 Å². The molecule has 8 nitrogen and oxygen atoms in total. The number of nitrogens with zero attached hydrogens (tertiary/aromatic N) is 4. The normalized spacial score (nSPS) is 17.3. The number of piperidine rings is 1. The quantitative estimate of drug-likeness (QED) is 0.335. The minimum absolute atomic E-state index is 0.465. The number of benzene rings is 2. The molecule has 0 atom stereocenters. The lowest BCUT2D eigenvalue weighted by atomic mass is 10.0. The molecule has 2 aromatic heterocycles. The maximum absolute atomic E-state index is 6.51. The van der Waals surface area contributed by atoms with Crippen LogP contribution >= 0.6 is 11.6 Å². The minimum Gasteiger partial charge on any atom is -0.494 e. The summed E-state index contributed by atoms with van der Waals surface area (Å²) >= 11 is 6.51. The Morgan fingerprint density at radius 2 is 1.86 bits per heavy atom. The number of H-pyrrole nitrogens is 1. The summed E-state index contributed by atoms with van der Waals surface area (Å²) in [7, 11) is 1.70. The van der Waals surface area contributed by atoms with Gasteiger partial charge in [-0.2, -0.15) is 0 Å². The standard InChI is InChI=1S/C28H32ClN7O/c1-37-26-16-20(35-12-8-19(9-13-35)36-14-10-30-11-15-36)6-7-25(26)33-28-32-18-23(29)27(34-28)22-17-31-24-5-3-2-4-21(22)24/h2-7,16-19,30-31H,8-15H2,1H3,(H,32,33,34). The number of piperazine rings is 1. The van der Waals surface area contributed by atoms with E-state index in [9.17, 15) is 0 Å². The number of ether oxygens (including phenoxy) is 1. The molecule has 2 fully saturated rings. The fourth-order valence-electron chi connectivity index (χ4n) is 5.52. The van der Waals surface area contributed by atoms with Crippen LogP contribution < -0.4 is 20.3 Å². The number of nitrogens with one attached hydrogen (secondary N) is 3. The number of methoxy groups -OCH3 is 1. The van der Waals surface area contributed by atoms with Gasteiger partial charge in [0.2, 0.25) is 5.95 Å². The molecule has 4 aromatic rings. The molecule has 0 bridgehead atoms. The van der Waals surface area contributed by atoms with Gasteiger partial charge in [-0.25, -0.2) is 9.97 Å². The van der Waals surface area contributed by atoms with Gasteiger partial charge in [-0.3, -0.25) is 4.90 Å². The molecule has 0 spiro atoms. The first kappa shape index (κ1) is 24.0. The van der Waals surface area contributed by atoms with Crippen molar-refractivity contribution in [2.75, 3.05) is 56.6 Å². The topological polar surface area (TPSA) is 81.3 Å². The summed E-state index contributed by atoms with van der Waals surface area (Å²) in [5, 5.41) is 8.36. The van der Waals surface area contributed by atoms with Gasteiger partial charge in [0.05, 0.1) is 29.7 Å². The van der Waals surface area contributed by atoms with Gasteiger partial charge in [-0.05, 0) is 31.0 Å². The largest absolute Gasteiger partial charge is 0.494 e. The number of rotatable bonds is 6. The number of aromatic nitrogens is 3. The molecule has 2 saturated heterocycles. The van der Waals surface area contributed by atoms with Gasteiger partial charge in [0.1, 0.15) is 5.75 Å². The van der Waals surface area contributed by atoms with E-state index >= 15 is 0 Å². The summed E-state index contributed by atoms with van der Waals surface area (Å²) in [6.45, 7) is 6.64. The highest BCUT2D eigenvalue weighted by Gasteiger charge is 2.26. The number of anilines is 3. The van der Waals surface area contributed by atoms with E-state index in [1.54, 1.807) is 13.3 Å². The summed E-state index contributed by atoms with van der Waals surface area (Å²) in [5.41, 5.74) is 4.65. The minimum atomic E-state index is 0.465. The van der Waals surface area contributed by atoms with E-state index < -0.39 is 0 Å². The molecule has 0 unspecified atom stereocenters. The van der Waals surface area contributed by atoms with Crippen molar-refractivity contribution in [3.05, 3.63) is 59.9 Å². The van der Waals surface area contributed by atoms with Gasteiger partial charge in [0.25, 0.3) is 0 Å². The van der Waals surface area contributed by atoms with Crippen LogP contribution in [0.25, 0.3) is 22.2 Å². The molecule has 2 aromatic carbocycles. The first-order valence-corrected chi connectivity index (χ1v) is 13.3. The van der Waals surface area contributed by atoms with E-state index in [1.807, 2.05) is 30.5 Å². The van der Waals surface area contributed by atoms with E-state index in [-0.39, 0.29) is 0 Å². The monoisotopic (exact) mass is 517 g/mol. The predicted molar refractivity (Wildman–Crippen MR) is 150 cm³/mol. The predicted octanol–water partition coefficient (Wildman–Crippen LogP) is 4.90. The molecule has 0 aliphatic carbocycles. The average molecular weight is 518 g/mol. The number of halogens is 1. The van der Waals surface area contributed by atoms with Crippen molar-refractivity contribution >= 4 is 39.8 Å². The van der Waals surface area contributed by atoms with E-state index in [0.29, 0.717) is 22.7 Å². The van der Waals surface area contributed by atoms with E-state index in [0.717, 1.165) is 67.2 Å². The molecule has 3 N–H and O–H groups in total. The Morgan fingerprint density at radius 3 is 2.68 bits per heavy atom. The maximum atomic E-state index is 6.51. The first-order valence-electron chi connectivity index (χ1n) is 12.9. The first-order chi connectivity index (χ1) is 18.2. The van der Waals surface area contributed by atoms with Gasteiger partial charge in [0, 0.05) is 79.7 Å². The van der Waals surface area contributed by atoms with Gasteiger partial charge in [0.15, 0.2) is 0 Å². The third kappa shape index (κ3) is 4.97. The number of hydrogen-bond acceptors (Lipinski definition) is 7. The van der Waals surface area contributed by atoms with Gasteiger partial charge >= 0.3 is 0 Å². The molecule has 192 valence electrons. The maximum Gasteiger partial charge on any atom is 0.227 e. The molecule has 0 saturated carbocycles. The molecule has 6 rings (SSSR count). The summed E-state index contributed by atoms with van der Waals surface area (Å²) in [6, 6.07) is 15.1. The van der Waals surface area contributed by atoms with Crippen LogP contribution in [0.5, 0.6) is 5.75 Å². The zero-order valence-corrected chi connectivity index (χ0v) is 21.8. The fraction of sp³-hybridized carbons (Fsp3) is 0.357. The SMILES string of the molecule is COc1cc(N2CCC(N3CCNCC3)CC2)ccc1Nc1ncc(Cl)c(-c2c[nH]c3ccccc23)n1. The third-order valence-electron chi connectivity index (χ3n) is 7.52. The van der Waals surface area contributed by atoms with Crippen molar-refractivity contribution in [1.82, 2.24) is 25.2 Å². The van der Waals surface area contributed by atoms with Crippen LogP contribution in [0.15, 0.2) is 54.9 Å². The second kappa shape index (κ2) is 10.6. The Hall–Kier alpha value is -3.33. The average Bonchev–Trinajstić information content (AvgIpc) is 3.39. The van der Waals surface area contributed by atoms with Crippen molar-refractivity contribution in [2.24, 2.45) is 0 Å². The van der Waals surface area contributed by atoms with Crippen LogP contribution in [0, 0.1) is 0 Å². The van der Waals surface area contributed by atoms with Crippen molar-refractivity contribution in [1.29, 1.82) is 0 Å². The molecule has 4 heterocycles. The van der Waals surface area contributed by atoms with Crippen LogP contribution in [0.3, 0.4) is 0 Å². The van der Waals surface area contributed by atoms with Crippen LogP contribution in [0.1, 0.15) is 12.8 Å². The van der Waals surface area contributed by atoms with Gasteiger partial charge in [-0.15, -0.1) is 0 Å². The van der Waals surface area contributed by atoms with Crippen molar-refractivity contribution in [3.63, 3.8) is 0 Å². The van der Waals surface area contributed by atoms with E-state index in [4.69, 9.17) is 21.3 Å². The molecule has 37 heavy (non-hydrogen) atoms. The highest BCUT2D eigenvalue weighted by atomic mass is 35.5.